The zero-order valence-electron chi connectivity index (χ0n) is 11.5. The highest BCUT2D eigenvalue weighted by molar-refractivity contribution is 5.93. The van der Waals surface area contributed by atoms with Crippen LogP contribution in [0.1, 0.15) is 46.4 Å². The first-order chi connectivity index (χ1) is 10.3. The van der Waals surface area contributed by atoms with Crippen LogP contribution in [0.3, 0.4) is 0 Å². The van der Waals surface area contributed by atoms with Gasteiger partial charge in [-0.15, -0.1) is 0 Å². The average Bonchev–Trinajstić information content (AvgIpc) is 3.09. The number of aliphatic hydroxyl groups excluding tert-OH is 1. The number of hydrogen-bond acceptors (Lipinski definition) is 5. The van der Waals surface area contributed by atoms with Crippen molar-refractivity contribution in [3.8, 4) is 0 Å². The van der Waals surface area contributed by atoms with Gasteiger partial charge < -0.3 is 14.4 Å². The summed E-state index contributed by atoms with van der Waals surface area (Å²) in [6, 6.07) is 1.84. The second-order valence-electron chi connectivity index (χ2n) is 5.57. The van der Waals surface area contributed by atoms with Gasteiger partial charge in [0.1, 0.15) is 5.76 Å². The van der Waals surface area contributed by atoms with Crippen molar-refractivity contribution in [3.63, 3.8) is 0 Å². The monoisotopic (exact) mass is 288 g/mol. The predicted octanol–water partition coefficient (Wildman–Crippen LogP) is 0.897. The Morgan fingerprint density at radius 1 is 1.43 bits per heavy atom. The summed E-state index contributed by atoms with van der Waals surface area (Å²) in [5, 5.41) is 13.4. The van der Waals surface area contributed by atoms with Crippen LogP contribution in [0.4, 0.5) is 0 Å². The van der Waals surface area contributed by atoms with Gasteiger partial charge in [-0.1, -0.05) is 0 Å². The predicted molar refractivity (Wildman–Crippen MR) is 71.4 cm³/mol. The third-order valence-electron chi connectivity index (χ3n) is 4.04. The van der Waals surface area contributed by atoms with Crippen molar-refractivity contribution in [1.29, 1.82) is 0 Å². The molecule has 0 bridgehead atoms. The van der Waals surface area contributed by atoms with Gasteiger partial charge in [-0.05, 0) is 18.9 Å². The van der Waals surface area contributed by atoms with E-state index in [2.05, 4.69) is 10.1 Å². The van der Waals surface area contributed by atoms with E-state index in [4.69, 9.17) is 9.52 Å². The second kappa shape index (κ2) is 4.70. The molecule has 0 saturated heterocycles. The van der Waals surface area contributed by atoms with E-state index in [1.807, 2.05) is 10.7 Å². The minimum absolute atomic E-state index is 0.0800. The molecular formula is C14H16N4O3. The van der Waals surface area contributed by atoms with Gasteiger partial charge in [-0.2, -0.15) is 5.10 Å². The molecule has 1 N–H and O–H groups in total. The largest absolute Gasteiger partial charge is 0.447 e. The molecule has 2 aromatic heterocycles. The fourth-order valence-electron chi connectivity index (χ4n) is 2.78. The van der Waals surface area contributed by atoms with Gasteiger partial charge in [0.2, 0.25) is 0 Å². The second-order valence-corrected chi connectivity index (χ2v) is 5.57. The molecule has 3 heterocycles. The van der Waals surface area contributed by atoms with Gasteiger partial charge >= 0.3 is 0 Å². The molecule has 0 aromatic carbocycles. The van der Waals surface area contributed by atoms with Crippen molar-refractivity contribution in [2.45, 2.75) is 38.5 Å². The van der Waals surface area contributed by atoms with E-state index in [9.17, 15) is 4.79 Å². The zero-order valence-corrected chi connectivity index (χ0v) is 11.5. The van der Waals surface area contributed by atoms with Gasteiger partial charge in [0.25, 0.3) is 5.91 Å². The summed E-state index contributed by atoms with van der Waals surface area (Å²) in [5.41, 5.74) is 2.03. The maximum absolute atomic E-state index is 12.6. The molecule has 7 heteroatoms. The Balaban J connectivity index is 1.56. The third-order valence-corrected chi connectivity index (χ3v) is 4.04. The molecule has 110 valence electrons. The SMILES string of the molecule is O=C(c1ncoc1C1CC1)N1CCn2nc(CO)cc2C1. The van der Waals surface area contributed by atoms with Crippen molar-refractivity contribution in [3.05, 3.63) is 35.3 Å². The molecule has 1 saturated carbocycles. The smallest absolute Gasteiger partial charge is 0.276 e. The highest BCUT2D eigenvalue weighted by atomic mass is 16.3. The standard InChI is InChI=1S/C14H16N4O3/c19-7-10-5-11-6-17(3-4-18(11)16-10)14(20)12-13(9-1-2-9)21-8-15-12/h5,8-9,19H,1-4,6-7H2. The lowest BCUT2D eigenvalue weighted by Crippen LogP contribution is -2.38. The Bertz CT molecular complexity index is 686. The first kappa shape index (κ1) is 12.6. The number of amides is 1. The van der Waals surface area contributed by atoms with E-state index >= 15 is 0 Å². The highest BCUT2D eigenvalue weighted by Crippen LogP contribution is 2.41. The van der Waals surface area contributed by atoms with Crippen LogP contribution in [-0.2, 0) is 19.7 Å². The van der Waals surface area contributed by atoms with Crippen molar-refractivity contribution >= 4 is 5.91 Å². The normalized spacial score (nSPS) is 17.9. The molecule has 1 amide bonds. The topological polar surface area (TPSA) is 84.4 Å². The van der Waals surface area contributed by atoms with Gasteiger partial charge in [-0.3, -0.25) is 9.48 Å². The van der Waals surface area contributed by atoms with Crippen LogP contribution in [-0.4, -0.2) is 37.2 Å². The fraction of sp³-hybridized carbons (Fsp3) is 0.500. The molecule has 2 aliphatic rings. The molecule has 0 radical (unpaired) electrons. The van der Waals surface area contributed by atoms with Crippen LogP contribution in [0.5, 0.6) is 0 Å². The number of aromatic nitrogens is 3. The summed E-state index contributed by atoms with van der Waals surface area (Å²) in [7, 11) is 0. The van der Waals surface area contributed by atoms with Crippen LogP contribution in [0.2, 0.25) is 0 Å². The van der Waals surface area contributed by atoms with E-state index in [0.29, 0.717) is 36.9 Å². The molecular weight excluding hydrogens is 272 g/mol. The number of nitrogens with zero attached hydrogens (tertiary/aromatic N) is 4. The quantitative estimate of drug-likeness (QED) is 0.907. The average molecular weight is 288 g/mol. The van der Waals surface area contributed by atoms with Crippen LogP contribution < -0.4 is 0 Å². The van der Waals surface area contributed by atoms with E-state index in [1.165, 1.54) is 6.39 Å². The van der Waals surface area contributed by atoms with Crippen LogP contribution in [0, 0.1) is 0 Å². The molecule has 2 aromatic rings. The van der Waals surface area contributed by atoms with Gasteiger partial charge in [0, 0.05) is 12.5 Å². The molecule has 0 spiro atoms. The molecule has 0 atom stereocenters. The van der Waals surface area contributed by atoms with E-state index in [1.54, 1.807) is 4.90 Å². The number of rotatable bonds is 3. The molecule has 1 fully saturated rings. The van der Waals surface area contributed by atoms with Crippen LogP contribution in [0.15, 0.2) is 16.9 Å². The number of aliphatic hydroxyl groups is 1. The van der Waals surface area contributed by atoms with E-state index in [0.717, 1.165) is 24.3 Å². The first-order valence-corrected chi connectivity index (χ1v) is 7.15. The summed E-state index contributed by atoms with van der Waals surface area (Å²) in [5.74, 6) is 1.02. The van der Waals surface area contributed by atoms with Gasteiger partial charge in [0.15, 0.2) is 12.1 Å². The molecule has 7 nitrogen and oxygen atoms in total. The summed E-state index contributed by atoms with van der Waals surface area (Å²) in [4.78, 5) is 18.5. The Labute approximate surface area is 121 Å². The summed E-state index contributed by atoms with van der Waals surface area (Å²) in [6.07, 6.45) is 3.50. The summed E-state index contributed by atoms with van der Waals surface area (Å²) >= 11 is 0. The van der Waals surface area contributed by atoms with Gasteiger partial charge in [0.05, 0.1) is 31.1 Å². The Morgan fingerprint density at radius 2 is 2.29 bits per heavy atom. The maximum atomic E-state index is 12.6. The number of fused-ring (bicyclic) bond motifs is 1. The first-order valence-electron chi connectivity index (χ1n) is 7.15. The van der Waals surface area contributed by atoms with Crippen LogP contribution >= 0.6 is 0 Å². The van der Waals surface area contributed by atoms with E-state index < -0.39 is 0 Å². The van der Waals surface area contributed by atoms with Gasteiger partial charge in [-0.25, -0.2) is 4.98 Å². The number of carbonyl (C=O) groups excluding carboxylic acids is 1. The minimum atomic E-state index is -0.0803. The number of oxazole rings is 1. The fourth-order valence-corrected chi connectivity index (χ4v) is 2.78. The highest BCUT2D eigenvalue weighted by Gasteiger charge is 2.34. The van der Waals surface area contributed by atoms with Crippen LogP contribution in [0.25, 0.3) is 0 Å². The Kier molecular flexibility index (Phi) is 2.81. The zero-order chi connectivity index (χ0) is 14.4. The number of carbonyl (C=O) groups is 1. The van der Waals surface area contributed by atoms with Crippen molar-refractivity contribution in [2.24, 2.45) is 0 Å². The number of hydrogen-bond donors (Lipinski definition) is 1. The summed E-state index contributed by atoms with van der Waals surface area (Å²) in [6.45, 7) is 1.64. The molecule has 1 aliphatic carbocycles. The Morgan fingerprint density at radius 3 is 3.05 bits per heavy atom. The van der Waals surface area contributed by atoms with Crippen molar-refractivity contribution < 1.29 is 14.3 Å². The van der Waals surface area contributed by atoms with Crippen molar-refractivity contribution in [1.82, 2.24) is 19.7 Å². The third kappa shape index (κ3) is 2.13. The molecule has 0 unspecified atom stereocenters. The lowest BCUT2D eigenvalue weighted by atomic mass is 10.2. The Hall–Kier alpha value is -2.15. The maximum Gasteiger partial charge on any atom is 0.276 e. The minimum Gasteiger partial charge on any atom is -0.447 e. The molecule has 4 rings (SSSR count). The lowest BCUT2D eigenvalue weighted by Gasteiger charge is -2.27. The summed E-state index contributed by atoms with van der Waals surface area (Å²) < 4.78 is 7.23. The molecule has 21 heavy (non-hydrogen) atoms. The molecule has 1 aliphatic heterocycles. The lowest BCUT2D eigenvalue weighted by molar-refractivity contribution is 0.0698. The van der Waals surface area contributed by atoms with Crippen molar-refractivity contribution in [2.75, 3.05) is 6.54 Å². The van der Waals surface area contributed by atoms with E-state index in [-0.39, 0.29) is 12.5 Å².